The average molecular weight is 296 g/mol. The Balaban J connectivity index is 2.06. The molecule has 0 spiro atoms. The Morgan fingerprint density at radius 1 is 1.57 bits per heavy atom. The van der Waals surface area contributed by atoms with E-state index in [0.29, 0.717) is 32.5 Å². The molecule has 21 heavy (non-hydrogen) atoms. The highest BCUT2D eigenvalue weighted by molar-refractivity contribution is 5.75. The minimum Gasteiger partial charge on any atom is -0.481 e. The molecule has 1 N–H and O–H groups in total. The van der Waals surface area contributed by atoms with Gasteiger partial charge in [-0.15, -0.1) is 0 Å². The topological polar surface area (TPSA) is 80.5 Å². The lowest BCUT2D eigenvalue weighted by atomic mass is 9.77. The van der Waals surface area contributed by atoms with E-state index >= 15 is 0 Å². The molecule has 7 nitrogen and oxygen atoms in total. The summed E-state index contributed by atoms with van der Waals surface area (Å²) < 4.78 is 6.94. The summed E-state index contributed by atoms with van der Waals surface area (Å²) in [4.78, 5) is 18.2. The van der Waals surface area contributed by atoms with Crippen molar-refractivity contribution >= 4 is 5.97 Å². The van der Waals surface area contributed by atoms with Crippen LogP contribution in [0.1, 0.15) is 32.0 Å². The number of aromatic nitrogens is 3. The van der Waals surface area contributed by atoms with Crippen molar-refractivity contribution in [3.05, 3.63) is 12.2 Å². The molecule has 7 heteroatoms. The van der Waals surface area contributed by atoms with E-state index in [1.54, 1.807) is 13.4 Å². The van der Waals surface area contributed by atoms with E-state index in [2.05, 4.69) is 15.0 Å². The molecule has 2 heterocycles. The molecule has 0 saturated carbocycles. The summed E-state index contributed by atoms with van der Waals surface area (Å²) in [6, 6.07) is 0. The molecule has 1 unspecified atom stereocenters. The van der Waals surface area contributed by atoms with Gasteiger partial charge in [0.2, 0.25) is 0 Å². The third-order valence-electron chi connectivity index (χ3n) is 4.25. The fourth-order valence-electron chi connectivity index (χ4n) is 3.02. The van der Waals surface area contributed by atoms with E-state index in [-0.39, 0.29) is 0 Å². The van der Waals surface area contributed by atoms with Gasteiger partial charge < -0.3 is 9.84 Å². The lowest BCUT2D eigenvalue weighted by molar-refractivity contribution is -0.154. The Hall–Kier alpha value is -1.47. The zero-order valence-corrected chi connectivity index (χ0v) is 12.8. The molecule has 1 aliphatic heterocycles. The van der Waals surface area contributed by atoms with Gasteiger partial charge in [0.1, 0.15) is 12.2 Å². The third-order valence-corrected chi connectivity index (χ3v) is 4.25. The molecule has 118 valence electrons. The summed E-state index contributed by atoms with van der Waals surface area (Å²) in [5.41, 5.74) is -0.703. The van der Waals surface area contributed by atoms with Crippen LogP contribution < -0.4 is 0 Å². The first-order valence-electron chi connectivity index (χ1n) is 7.42. The second-order valence-electron chi connectivity index (χ2n) is 5.63. The molecule has 1 aromatic rings. The van der Waals surface area contributed by atoms with Gasteiger partial charge in [0.05, 0.1) is 12.0 Å². The van der Waals surface area contributed by atoms with Gasteiger partial charge in [-0.05, 0) is 32.7 Å². The maximum absolute atomic E-state index is 11.7. The summed E-state index contributed by atoms with van der Waals surface area (Å²) in [7, 11) is 1.61. The number of aliphatic carboxylic acids is 1. The molecule has 1 aromatic heterocycles. The number of hydrogen-bond donors (Lipinski definition) is 1. The van der Waals surface area contributed by atoms with Crippen LogP contribution in [-0.2, 0) is 22.6 Å². The van der Waals surface area contributed by atoms with E-state index in [1.165, 1.54) is 0 Å². The maximum atomic E-state index is 11.7. The molecule has 0 aliphatic carbocycles. The maximum Gasteiger partial charge on any atom is 0.311 e. The molecular formula is C14H24N4O3. The van der Waals surface area contributed by atoms with Crippen molar-refractivity contribution in [3.63, 3.8) is 0 Å². The normalized spacial score (nSPS) is 23.3. The fourth-order valence-corrected chi connectivity index (χ4v) is 3.02. The van der Waals surface area contributed by atoms with Crippen molar-refractivity contribution in [1.29, 1.82) is 0 Å². The molecule has 0 aromatic carbocycles. The number of hydrogen-bond acceptors (Lipinski definition) is 5. The van der Waals surface area contributed by atoms with Crippen molar-refractivity contribution < 1.29 is 14.6 Å². The molecule has 1 saturated heterocycles. The molecule has 1 aliphatic rings. The second-order valence-corrected chi connectivity index (χ2v) is 5.63. The minimum atomic E-state index is -0.721. The summed E-state index contributed by atoms with van der Waals surface area (Å²) >= 11 is 0. The number of methoxy groups -OCH3 is 1. The van der Waals surface area contributed by atoms with Crippen LogP contribution in [0, 0.1) is 5.41 Å². The van der Waals surface area contributed by atoms with Crippen molar-refractivity contribution in [2.45, 2.75) is 39.3 Å². The summed E-state index contributed by atoms with van der Waals surface area (Å²) in [6.07, 6.45) is 3.70. The smallest absolute Gasteiger partial charge is 0.311 e. The summed E-state index contributed by atoms with van der Waals surface area (Å²) in [5.74, 6) is 0.173. The standard InChI is InChI=1S/C14H24N4O3/c1-3-18-12(15-11-16-18)9-17-7-4-5-14(10-17,13(19)20)6-8-21-2/h11H,3-10H2,1-2H3,(H,19,20). The molecule has 0 bridgehead atoms. The molecule has 0 radical (unpaired) electrons. The van der Waals surface area contributed by atoms with Crippen molar-refractivity contribution in [2.24, 2.45) is 5.41 Å². The van der Waals surface area contributed by atoms with E-state index in [9.17, 15) is 9.90 Å². The minimum absolute atomic E-state index is 0.477. The summed E-state index contributed by atoms with van der Waals surface area (Å²) in [5, 5.41) is 13.8. The Morgan fingerprint density at radius 3 is 3.05 bits per heavy atom. The van der Waals surface area contributed by atoms with Crippen LogP contribution in [0.15, 0.2) is 6.33 Å². The van der Waals surface area contributed by atoms with Gasteiger partial charge in [-0.25, -0.2) is 9.67 Å². The van der Waals surface area contributed by atoms with Crippen LogP contribution in [0.4, 0.5) is 0 Å². The zero-order valence-electron chi connectivity index (χ0n) is 12.8. The van der Waals surface area contributed by atoms with Gasteiger partial charge >= 0.3 is 5.97 Å². The zero-order chi connectivity index (χ0) is 15.3. The highest BCUT2D eigenvalue weighted by Gasteiger charge is 2.42. The molecule has 0 amide bonds. The van der Waals surface area contributed by atoms with E-state index in [4.69, 9.17) is 4.74 Å². The number of carbonyl (C=O) groups is 1. The van der Waals surface area contributed by atoms with E-state index < -0.39 is 11.4 Å². The number of aryl methyl sites for hydroxylation is 1. The highest BCUT2D eigenvalue weighted by Crippen LogP contribution is 2.34. The van der Waals surface area contributed by atoms with Crippen LogP contribution in [0.2, 0.25) is 0 Å². The number of rotatable bonds is 7. The lowest BCUT2D eigenvalue weighted by Crippen LogP contribution is -2.48. The SMILES string of the molecule is CCn1ncnc1CN1CCCC(CCOC)(C(=O)O)C1. The quantitative estimate of drug-likeness (QED) is 0.808. The molecular weight excluding hydrogens is 272 g/mol. The Bertz CT molecular complexity index is 477. The van der Waals surface area contributed by atoms with Crippen LogP contribution >= 0.6 is 0 Å². The molecule has 1 fully saturated rings. The number of likely N-dealkylation sites (tertiary alicyclic amines) is 1. The van der Waals surface area contributed by atoms with E-state index in [1.807, 2.05) is 11.6 Å². The van der Waals surface area contributed by atoms with Gasteiger partial charge in [0.25, 0.3) is 0 Å². The second kappa shape index (κ2) is 7.00. The predicted octanol–water partition coefficient (Wildman–Crippen LogP) is 1.00. The van der Waals surface area contributed by atoms with E-state index in [0.717, 1.165) is 25.3 Å². The first kappa shape index (κ1) is 15.9. The van der Waals surface area contributed by atoms with Gasteiger partial charge in [-0.2, -0.15) is 5.10 Å². The average Bonchev–Trinajstić information content (AvgIpc) is 2.92. The molecule has 2 rings (SSSR count). The van der Waals surface area contributed by atoms with Crippen molar-refractivity contribution in [2.75, 3.05) is 26.8 Å². The predicted molar refractivity (Wildman–Crippen MR) is 76.8 cm³/mol. The van der Waals surface area contributed by atoms with Crippen molar-refractivity contribution in [3.8, 4) is 0 Å². The number of carboxylic acids is 1. The van der Waals surface area contributed by atoms with Gasteiger partial charge in [0.15, 0.2) is 0 Å². The van der Waals surface area contributed by atoms with Gasteiger partial charge in [0, 0.05) is 26.8 Å². The van der Waals surface area contributed by atoms with Crippen molar-refractivity contribution in [1.82, 2.24) is 19.7 Å². The third kappa shape index (κ3) is 3.59. The highest BCUT2D eigenvalue weighted by atomic mass is 16.5. The van der Waals surface area contributed by atoms with Crippen LogP contribution in [-0.4, -0.2) is 57.5 Å². The monoisotopic (exact) mass is 296 g/mol. The Labute approximate surface area is 124 Å². The lowest BCUT2D eigenvalue weighted by Gasteiger charge is -2.39. The van der Waals surface area contributed by atoms with Crippen LogP contribution in [0.25, 0.3) is 0 Å². The number of ether oxygens (including phenoxy) is 1. The number of nitrogens with zero attached hydrogens (tertiary/aromatic N) is 4. The number of carboxylic acid groups (broad SMARTS) is 1. The number of piperidine rings is 1. The van der Waals surface area contributed by atoms with Crippen LogP contribution in [0.3, 0.4) is 0 Å². The first-order chi connectivity index (χ1) is 10.1. The fraction of sp³-hybridized carbons (Fsp3) is 0.786. The summed E-state index contributed by atoms with van der Waals surface area (Å²) in [6.45, 7) is 5.37. The Morgan fingerprint density at radius 2 is 2.38 bits per heavy atom. The first-order valence-corrected chi connectivity index (χ1v) is 7.42. The largest absolute Gasteiger partial charge is 0.481 e. The molecule has 1 atom stereocenters. The van der Waals surface area contributed by atoms with Gasteiger partial charge in [-0.3, -0.25) is 9.69 Å². The van der Waals surface area contributed by atoms with Gasteiger partial charge in [-0.1, -0.05) is 0 Å². The Kier molecular flexibility index (Phi) is 5.30. The van der Waals surface area contributed by atoms with Crippen LogP contribution in [0.5, 0.6) is 0 Å².